The number of aromatic nitrogens is 1. The smallest absolute Gasteiger partial charge is 0.461 e. The van der Waals surface area contributed by atoms with Crippen molar-refractivity contribution in [1.82, 2.24) is 14.6 Å². The van der Waals surface area contributed by atoms with Gasteiger partial charge in [0.2, 0.25) is 0 Å². The average Bonchev–Trinajstić information content (AvgIpc) is 2.90. The Morgan fingerprint density at radius 1 is 0.949 bits per heavy atom. The van der Waals surface area contributed by atoms with Crippen molar-refractivity contribution in [3.8, 4) is 11.3 Å². The van der Waals surface area contributed by atoms with Gasteiger partial charge in [0.1, 0.15) is 5.54 Å². The Morgan fingerprint density at radius 2 is 1.54 bits per heavy atom. The first-order valence-corrected chi connectivity index (χ1v) is 13.0. The van der Waals surface area contributed by atoms with Crippen LogP contribution in [0.25, 0.3) is 22.2 Å². The normalized spacial score (nSPS) is 13.0. The minimum Gasteiger partial charge on any atom is -0.461 e. The topological polar surface area (TPSA) is 96.8 Å². The Balaban J connectivity index is 2.21. The van der Waals surface area contributed by atoms with Gasteiger partial charge in [0.25, 0.3) is 0 Å². The fourth-order valence-corrected chi connectivity index (χ4v) is 5.37. The van der Waals surface area contributed by atoms with E-state index < -0.39 is 28.2 Å². The second-order valence-corrected chi connectivity index (χ2v) is 10.9. The van der Waals surface area contributed by atoms with E-state index in [1.165, 1.54) is 0 Å². The number of carboxylic acid groups (broad SMARTS) is 1. The van der Waals surface area contributed by atoms with Crippen LogP contribution in [-0.4, -0.2) is 45.8 Å². The van der Waals surface area contributed by atoms with Gasteiger partial charge in [-0.3, -0.25) is 0 Å². The summed E-state index contributed by atoms with van der Waals surface area (Å²) in [6.45, 7) is 6.92. The summed E-state index contributed by atoms with van der Waals surface area (Å²) in [6.07, 6.45) is -2.81. The summed E-state index contributed by atoms with van der Waals surface area (Å²) in [7, 11) is 1.09. The standard InChI is InChI=1S/C30H28BrN3O5/c1-19-25(23-17-16-21(31)18-24(23)32-26(19)20-12-8-6-9-13-20)27(35)34(30(2,3)4,22-14-10-7-11-15-22)33(28(36)37)29(38)39-5/h6-18H,1-5H3/p+1. The number of benzene rings is 3. The number of quaternary nitrogens is 1. The van der Waals surface area contributed by atoms with Crippen LogP contribution in [-0.2, 0) is 4.74 Å². The fourth-order valence-electron chi connectivity index (χ4n) is 5.02. The number of carbonyl (C=O) groups excluding carboxylic acids is 2. The van der Waals surface area contributed by atoms with E-state index in [2.05, 4.69) is 15.9 Å². The van der Waals surface area contributed by atoms with Gasteiger partial charge in [-0.15, -0.1) is 4.59 Å². The van der Waals surface area contributed by atoms with Crippen molar-refractivity contribution in [3.05, 3.63) is 94.5 Å². The Morgan fingerprint density at radius 3 is 2.08 bits per heavy atom. The SMILES string of the molecule is COC(=O)N(C(=O)O)[N+](C(=O)c1c(C)c(-c2ccccc2)nc2cc(Br)ccc12)(c1ccccc1)C(C)(C)C. The summed E-state index contributed by atoms with van der Waals surface area (Å²) in [5.41, 5.74) is 1.82. The van der Waals surface area contributed by atoms with Crippen LogP contribution in [0.5, 0.6) is 0 Å². The highest BCUT2D eigenvalue weighted by molar-refractivity contribution is 9.10. The predicted octanol–water partition coefficient (Wildman–Crippen LogP) is 7.58. The summed E-state index contributed by atoms with van der Waals surface area (Å²) < 4.78 is 4.70. The molecule has 0 saturated heterocycles. The van der Waals surface area contributed by atoms with E-state index in [0.29, 0.717) is 27.2 Å². The lowest BCUT2D eigenvalue weighted by Gasteiger charge is -2.47. The van der Waals surface area contributed by atoms with Crippen LogP contribution in [0.3, 0.4) is 0 Å². The molecule has 0 radical (unpaired) electrons. The van der Waals surface area contributed by atoms with Crippen molar-refractivity contribution in [3.63, 3.8) is 0 Å². The largest absolute Gasteiger partial charge is 0.466 e. The van der Waals surface area contributed by atoms with Crippen molar-refractivity contribution in [2.75, 3.05) is 7.11 Å². The number of imide groups is 1. The maximum atomic E-state index is 15.2. The van der Waals surface area contributed by atoms with Crippen molar-refractivity contribution in [2.24, 2.45) is 0 Å². The number of rotatable bonds is 3. The summed E-state index contributed by atoms with van der Waals surface area (Å²) in [4.78, 5) is 46.1. The first-order valence-electron chi connectivity index (χ1n) is 12.2. The zero-order chi connectivity index (χ0) is 28.5. The van der Waals surface area contributed by atoms with Gasteiger partial charge in [-0.2, -0.15) is 0 Å². The van der Waals surface area contributed by atoms with E-state index in [1.54, 1.807) is 70.2 Å². The molecule has 39 heavy (non-hydrogen) atoms. The Hall–Kier alpha value is -4.08. The van der Waals surface area contributed by atoms with E-state index in [1.807, 2.05) is 36.4 Å². The molecule has 200 valence electrons. The van der Waals surface area contributed by atoms with Gasteiger partial charge in [-0.1, -0.05) is 70.5 Å². The highest BCUT2D eigenvalue weighted by atomic mass is 79.9. The van der Waals surface area contributed by atoms with Crippen LogP contribution in [0.4, 0.5) is 15.3 Å². The first kappa shape index (κ1) is 27.9. The number of para-hydroxylation sites is 1. The highest BCUT2D eigenvalue weighted by Gasteiger charge is 2.61. The van der Waals surface area contributed by atoms with Crippen LogP contribution >= 0.6 is 15.9 Å². The van der Waals surface area contributed by atoms with E-state index in [0.717, 1.165) is 17.1 Å². The van der Waals surface area contributed by atoms with E-state index in [-0.39, 0.29) is 11.3 Å². The number of pyridine rings is 1. The maximum Gasteiger partial charge on any atom is 0.466 e. The molecule has 1 atom stereocenters. The monoisotopic (exact) mass is 590 g/mol. The summed E-state index contributed by atoms with van der Waals surface area (Å²) in [5.74, 6) is -0.620. The van der Waals surface area contributed by atoms with Crippen LogP contribution in [0.15, 0.2) is 83.3 Å². The quantitative estimate of drug-likeness (QED) is 0.195. The molecule has 0 spiro atoms. The van der Waals surface area contributed by atoms with Gasteiger partial charge >= 0.3 is 18.1 Å². The molecule has 1 N–H and O–H groups in total. The van der Waals surface area contributed by atoms with Crippen LogP contribution in [0.2, 0.25) is 0 Å². The second kappa shape index (κ2) is 10.6. The molecule has 4 rings (SSSR count). The lowest BCUT2D eigenvalue weighted by atomic mass is 9.93. The van der Waals surface area contributed by atoms with Crippen LogP contribution in [0, 0.1) is 6.92 Å². The molecule has 4 aromatic rings. The van der Waals surface area contributed by atoms with Crippen LogP contribution in [0.1, 0.15) is 36.7 Å². The second-order valence-electron chi connectivity index (χ2n) is 10.00. The van der Waals surface area contributed by atoms with E-state index in [4.69, 9.17) is 9.72 Å². The minimum atomic E-state index is -1.63. The molecule has 3 amide bonds. The lowest BCUT2D eigenvalue weighted by molar-refractivity contribution is -0.0330. The number of methoxy groups -OCH3 is 1. The van der Waals surface area contributed by atoms with E-state index in [9.17, 15) is 14.7 Å². The number of ether oxygens (including phenoxy) is 1. The number of halogens is 1. The van der Waals surface area contributed by atoms with Gasteiger partial charge < -0.3 is 9.84 Å². The van der Waals surface area contributed by atoms with Crippen LogP contribution < -0.4 is 4.59 Å². The van der Waals surface area contributed by atoms with Gasteiger partial charge in [-0.05, 0) is 50.4 Å². The van der Waals surface area contributed by atoms with Crippen molar-refractivity contribution >= 4 is 50.6 Å². The average molecular weight is 591 g/mol. The predicted molar refractivity (Wildman–Crippen MR) is 154 cm³/mol. The maximum absolute atomic E-state index is 15.2. The molecule has 3 aromatic carbocycles. The molecule has 9 heteroatoms. The van der Waals surface area contributed by atoms with Crippen molar-refractivity contribution < 1.29 is 24.2 Å². The summed E-state index contributed by atoms with van der Waals surface area (Å²) >= 11 is 3.50. The Kier molecular flexibility index (Phi) is 7.59. The molecule has 0 bridgehead atoms. The van der Waals surface area contributed by atoms with Gasteiger partial charge in [0.05, 0.1) is 23.9 Å². The molecule has 1 heterocycles. The Labute approximate surface area is 235 Å². The Bertz CT molecular complexity index is 1570. The third-order valence-corrected chi connectivity index (χ3v) is 7.17. The third kappa shape index (κ3) is 4.68. The zero-order valence-electron chi connectivity index (χ0n) is 22.3. The summed E-state index contributed by atoms with van der Waals surface area (Å²) in [6, 6.07) is 23.2. The van der Waals surface area contributed by atoms with Gasteiger partial charge in [-0.25, -0.2) is 19.4 Å². The number of amides is 3. The number of carbonyl (C=O) groups is 3. The van der Waals surface area contributed by atoms with Gasteiger partial charge in [0, 0.05) is 27.6 Å². The van der Waals surface area contributed by atoms with Gasteiger partial charge in [0.15, 0.2) is 5.69 Å². The third-order valence-electron chi connectivity index (χ3n) is 6.68. The molecule has 0 fully saturated rings. The molecular weight excluding hydrogens is 562 g/mol. The molecule has 1 unspecified atom stereocenters. The molecular formula is C30H29BrN3O5+. The molecule has 0 aliphatic rings. The molecule has 0 aliphatic heterocycles. The molecule has 1 aromatic heterocycles. The molecule has 0 aliphatic carbocycles. The first-order chi connectivity index (χ1) is 18.4. The van der Waals surface area contributed by atoms with E-state index >= 15 is 4.79 Å². The summed E-state index contributed by atoms with van der Waals surface area (Å²) in [5, 5.41) is 11.4. The number of hydrogen-bond acceptors (Lipinski definition) is 5. The minimum absolute atomic E-state index is 0.250. The van der Waals surface area contributed by atoms with Crippen molar-refractivity contribution in [1.29, 1.82) is 0 Å². The fraction of sp³-hybridized carbons (Fsp3) is 0.200. The highest BCUT2D eigenvalue weighted by Crippen LogP contribution is 2.41. The van der Waals surface area contributed by atoms with Crippen molar-refractivity contribution in [2.45, 2.75) is 33.2 Å². The molecule has 0 saturated carbocycles. The molecule has 8 nitrogen and oxygen atoms in total. The lowest BCUT2D eigenvalue weighted by Crippen LogP contribution is -2.76. The number of fused-ring (bicyclic) bond motifs is 1. The number of nitrogens with zero attached hydrogens (tertiary/aromatic N) is 3. The number of hydrogen-bond donors (Lipinski definition) is 1. The zero-order valence-corrected chi connectivity index (χ0v) is 23.9.